The van der Waals surface area contributed by atoms with E-state index in [0.29, 0.717) is 0 Å². The van der Waals surface area contributed by atoms with E-state index in [4.69, 9.17) is 10.2 Å². The average molecular weight is 444 g/mol. The molecule has 0 aromatic heterocycles. The molecule has 0 unspecified atom stereocenters. The third-order valence-corrected chi connectivity index (χ3v) is 4.43. The topological polar surface area (TPSA) is 299 Å². The van der Waals surface area contributed by atoms with Crippen LogP contribution in [-0.4, -0.2) is 76.4 Å². The number of rotatable bonds is 15. The molecule has 170 valence electrons. The molecular formula is C10H16N6O14. The Hall–Kier alpha value is -3.68. The van der Waals surface area contributed by atoms with E-state index in [1.807, 2.05) is 0 Å². The predicted molar refractivity (Wildman–Crippen MR) is 87.6 cm³/mol. The normalized spacial score (nSPS) is 13.8. The van der Waals surface area contributed by atoms with Crippen molar-refractivity contribution in [3.05, 3.63) is 60.7 Å². The zero-order valence-corrected chi connectivity index (χ0v) is 14.9. The van der Waals surface area contributed by atoms with E-state index in [-0.39, 0.29) is 0 Å². The minimum atomic E-state index is -3.54. The highest BCUT2D eigenvalue weighted by atomic mass is 16.7. The van der Waals surface area contributed by atoms with E-state index < -0.39 is 91.8 Å². The van der Waals surface area contributed by atoms with Gasteiger partial charge in [0.2, 0.25) is 12.1 Å². The second-order valence-corrected chi connectivity index (χ2v) is 6.15. The molecule has 0 radical (unpaired) electrons. The molecule has 0 bridgehead atoms. The number of aliphatic hydroxyl groups excluding tert-OH is 2. The van der Waals surface area contributed by atoms with Gasteiger partial charge in [0, 0.05) is 9.85 Å². The first-order valence-corrected chi connectivity index (χ1v) is 7.78. The van der Waals surface area contributed by atoms with Gasteiger partial charge < -0.3 is 10.2 Å². The summed E-state index contributed by atoms with van der Waals surface area (Å²) in [5.74, 6) is 0. The third-order valence-electron chi connectivity index (χ3n) is 4.43. The van der Waals surface area contributed by atoms with Crippen molar-refractivity contribution in [2.45, 2.75) is 49.1 Å². The van der Waals surface area contributed by atoms with Crippen LogP contribution >= 0.6 is 0 Å². The maximum Gasteiger partial charge on any atom is 0.465 e. The lowest BCUT2D eigenvalue weighted by Crippen LogP contribution is -2.55. The lowest BCUT2D eigenvalue weighted by atomic mass is 9.89. The van der Waals surface area contributed by atoms with Gasteiger partial charge in [0.25, 0.3) is 0 Å². The van der Waals surface area contributed by atoms with Crippen LogP contribution in [0.2, 0.25) is 0 Å². The highest BCUT2D eigenvalue weighted by Crippen LogP contribution is 2.33. The van der Waals surface area contributed by atoms with E-state index >= 15 is 0 Å². The zero-order chi connectivity index (χ0) is 23.9. The van der Waals surface area contributed by atoms with Crippen molar-refractivity contribution in [1.29, 1.82) is 0 Å². The zero-order valence-electron chi connectivity index (χ0n) is 14.9. The summed E-state index contributed by atoms with van der Waals surface area (Å²) in [6.07, 6.45) is -6.34. The molecule has 0 saturated carbocycles. The van der Waals surface area contributed by atoms with Crippen LogP contribution < -0.4 is 0 Å². The standard InChI is InChI=1S/C10H16N6O14/c17-5-7(11(19)20)3-9(13(23)24,14(25)26)1-2-10(15(27)28,16(29)30)4-8(6-18)12(21)22/h7-8,17-18H,1-6H2/t7-,8-/m1/s1. The predicted octanol–water partition coefficient (Wildman–Crippen LogP) is -1.68. The van der Waals surface area contributed by atoms with Gasteiger partial charge in [0.05, 0.1) is 19.7 Å². The van der Waals surface area contributed by atoms with Gasteiger partial charge in [-0.25, -0.2) is 0 Å². The Bertz CT molecular complexity index is 638. The molecule has 2 atom stereocenters. The molecule has 0 rings (SSSR count). The lowest BCUT2D eigenvalue weighted by molar-refractivity contribution is -0.821. The Balaban J connectivity index is 6.28. The van der Waals surface area contributed by atoms with Gasteiger partial charge >= 0.3 is 11.3 Å². The summed E-state index contributed by atoms with van der Waals surface area (Å²) in [5, 5.41) is 84.9. The Morgan fingerprint density at radius 3 is 0.933 bits per heavy atom. The van der Waals surface area contributed by atoms with Crippen LogP contribution in [0, 0.1) is 60.7 Å². The maximum absolute atomic E-state index is 11.4. The second-order valence-electron chi connectivity index (χ2n) is 6.15. The van der Waals surface area contributed by atoms with Gasteiger partial charge in [-0.15, -0.1) is 0 Å². The van der Waals surface area contributed by atoms with Gasteiger partial charge in [-0.3, -0.25) is 60.7 Å². The molecule has 0 amide bonds. The first-order chi connectivity index (χ1) is 13.7. The van der Waals surface area contributed by atoms with Gasteiger partial charge in [0.1, 0.15) is 26.1 Å². The molecule has 30 heavy (non-hydrogen) atoms. The molecule has 0 aromatic rings. The Labute approximate surface area is 164 Å². The van der Waals surface area contributed by atoms with Crippen LogP contribution in [0.25, 0.3) is 0 Å². The SMILES string of the molecule is O=[N+]([O-])[C@@H](CO)CC(CCC(C[C@H](CO)[N+](=O)[O-])([N+](=O)[O-])[N+](=O)[O-])([N+](=O)[O-])[N+](=O)[O-]. The minimum absolute atomic E-state index is 1.27. The van der Waals surface area contributed by atoms with Crippen molar-refractivity contribution in [3.63, 3.8) is 0 Å². The number of hydrogen-bond donors (Lipinski definition) is 2. The minimum Gasteiger partial charge on any atom is -0.389 e. The first kappa shape index (κ1) is 26.3. The summed E-state index contributed by atoms with van der Waals surface area (Å²) in [6, 6.07) is -4.49. The molecule has 2 N–H and O–H groups in total. The summed E-state index contributed by atoms with van der Waals surface area (Å²) in [6.45, 7) is -2.75. The number of hydrogen-bond acceptors (Lipinski definition) is 14. The van der Waals surface area contributed by atoms with Crippen molar-refractivity contribution in [1.82, 2.24) is 0 Å². The van der Waals surface area contributed by atoms with E-state index in [1.165, 1.54) is 0 Å². The van der Waals surface area contributed by atoms with Crippen LogP contribution in [0.3, 0.4) is 0 Å². The maximum atomic E-state index is 11.4. The average Bonchev–Trinajstić information content (AvgIpc) is 2.62. The van der Waals surface area contributed by atoms with Gasteiger partial charge in [-0.05, 0) is 0 Å². The summed E-state index contributed by atoms with van der Waals surface area (Å²) >= 11 is 0. The molecule has 0 heterocycles. The largest absolute Gasteiger partial charge is 0.465 e. The molecule has 0 fully saturated rings. The quantitative estimate of drug-likeness (QED) is 0.162. The van der Waals surface area contributed by atoms with Crippen LogP contribution in [0.1, 0.15) is 25.7 Å². The second kappa shape index (κ2) is 10.2. The Morgan fingerprint density at radius 1 is 0.567 bits per heavy atom. The molecule has 20 heteroatoms. The number of nitrogens with zero attached hydrogens (tertiary/aromatic N) is 6. The summed E-state index contributed by atoms with van der Waals surface area (Å²) in [4.78, 5) is 57.9. The van der Waals surface area contributed by atoms with Gasteiger partial charge in [0.15, 0.2) is 12.8 Å². The van der Waals surface area contributed by atoms with E-state index in [0.717, 1.165) is 0 Å². The first-order valence-electron chi connectivity index (χ1n) is 7.78. The van der Waals surface area contributed by atoms with E-state index in [2.05, 4.69) is 0 Å². The molecule has 20 nitrogen and oxygen atoms in total. The molecule has 0 aliphatic rings. The van der Waals surface area contributed by atoms with Gasteiger partial charge in [-0.2, -0.15) is 0 Å². The van der Waals surface area contributed by atoms with Crippen LogP contribution in [0.4, 0.5) is 0 Å². The van der Waals surface area contributed by atoms with Crippen LogP contribution in [0.15, 0.2) is 0 Å². The van der Waals surface area contributed by atoms with E-state index in [1.54, 1.807) is 0 Å². The smallest absolute Gasteiger partial charge is 0.389 e. The fourth-order valence-electron chi connectivity index (χ4n) is 2.57. The van der Waals surface area contributed by atoms with Crippen molar-refractivity contribution >= 4 is 0 Å². The lowest BCUT2D eigenvalue weighted by Gasteiger charge is -2.22. The highest BCUT2D eigenvalue weighted by Gasteiger charge is 2.66. The van der Waals surface area contributed by atoms with Crippen molar-refractivity contribution < 1.29 is 39.8 Å². The molecule has 0 aromatic carbocycles. The Morgan fingerprint density at radius 2 is 0.800 bits per heavy atom. The fraction of sp³-hybridized carbons (Fsp3) is 1.00. The van der Waals surface area contributed by atoms with Crippen molar-refractivity contribution in [3.8, 4) is 0 Å². The molecule has 0 aliphatic heterocycles. The van der Waals surface area contributed by atoms with Crippen LogP contribution in [0.5, 0.6) is 0 Å². The van der Waals surface area contributed by atoms with Gasteiger partial charge in [-0.1, -0.05) is 0 Å². The fourth-order valence-corrected chi connectivity index (χ4v) is 2.57. The molecular weight excluding hydrogens is 428 g/mol. The van der Waals surface area contributed by atoms with Crippen LogP contribution in [-0.2, 0) is 0 Å². The summed E-state index contributed by atoms with van der Waals surface area (Å²) < 4.78 is 0. The number of aliphatic hydroxyl groups is 2. The monoisotopic (exact) mass is 444 g/mol. The van der Waals surface area contributed by atoms with Crippen molar-refractivity contribution in [2.24, 2.45) is 0 Å². The number of nitro groups is 6. The van der Waals surface area contributed by atoms with Crippen molar-refractivity contribution in [2.75, 3.05) is 13.2 Å². The summed E-state index contributed by atoms with van der Waals surface area (Å²) in [5.41, 5.74) is -7.08. The summed E-state index contributed by atoms with van der Waals surface area (Å²) in [7, 11) is 0. The molecule has 0 saturated heterocycles. The molecule has 0 aliphatic carbocycles. The third kappa shape index (κ3) is 5.44. The highest BCUT2D eigenvalue weighted by molar-refractivity contribution is 4.80. The Kier molecular flexibility index (Phi) is 8.95. The molecule has 0 spiro atoms. The van der Waals surface area contributed by atoms with E-state index in [9.17, 15) is 60.7 Å².